The molecule has 1 fully saturated rings. The molecule has 3 nitrogen and oxygen atoms in total. The van der Waals surface area contributed by atoms with Crippen molar-refractivity contribution in [2.45, 2.75) is 24.6 Å². The van der Waals surface area contributed by atoms with Crippen LogP contribution in [0.5, 0.6) is 0 Å². The third-order valence-corrected chi connectivity index (χ3v) is 4.19. The summed E-state index contributed by atoms with van der Waals surface area (Å²) >= 11 is 0. The number of nitrogens with one attached hydrogen (secondary N) is 1. The van der Waals surface area contributed by atoms with E-state index in [2.05, 4.69) is 5.32 Å². The summed E-state index contributed by atoms with van der Waals surface area (Å²) in [5, 5.41) is 3.08. The van der Waals surface area contributed by atoms with Crippen LogP contribution in [0.25, 0.3) is 11.1 Å². The maximum Gasteiger partial charge on any atom is 0.416 e. The van der Waals surface area contributed by atoms with Gasteiger partial charge in [-0.1, -0.05) is 36.4 Å². The smallest absolute Gasteiger partial charge is 0.369 e. The van der Waals surface area contributed by atoms with Gasteiger partial charge in [-0.15, -0.1) is 0 Å². The van der Waals surface area contributed by atoms with E-state index < -0.39 is 11.7 Å². The number of alkyl halides is 3. The maximum absolute atomic E-state index is 12.8. The van der Waals surface area contributed by atoms with Crippen molar-refractivity contribution in [3.8, 4) is 11.1 Å². The summed E-state index contributed by atoms with van der Waals surface area (Å²) in [5.74, 6) is -0.0690. The van der Waals surface area contributed by atoms with Crippen molar-refractivity contribution in [2.75, 3.05) is 6.54 Å². The Bertz CT molecular complexity index is 741. The summed E-state index contributed by atoms with van der Waals surface area (Å²) < 4.78 is 38.4. The topological polar surface area (TPSA) is 55.1 Å². The Balaban J connectivity index is 1.71. The van der Waals surface area contributed by atoms with E-state index in [0.717, 1.165) is 29.7 Å². The highest BCUT2D eigenvalue weighted by Crippen LogP contribution is 2.41. The van der Waals surface area contributed by atoms with Crippen LogP contribution in [-0.2, 0) is 11.0 Å². The molecule has 0 saturated heterocycles. The van der Waals surface area contributed by atoms with Gasteiger partial charge in [-0.05, 0) is 35.2 Å². The number of hydrogen-bond donors (Lipinski definition) is 2. The fourth-order valence-electron chi connectivity index (χ4n) is 2.82. The van der Waals surface area contributed by atoms with Crippen molar-refractivity contribution in [2.24, 2.45) is 5.73 Å². The second-order valence-electron chi connectivity index (χ2n) is 6.00. The molecule has 0 aromatic heterocycles. The van der Waals surface area contributed by atoms with Gasteiger partial charge in [-0.2, -0.15) is 13.2 Å². The molecule has 3 rings (SSSR count). The number of hydrogen-bond acceptors (Lipinski definition) is 2. The lowest BCUT2D eigenvalue weighted by molar-refractivity contribution is -0.137. The average Bonchev–Trinajstić information content (AvgIpc) is 3.32. The first-order valence-corrected chi connectivity index (χ1v) is 7.64. The van der Waals surface area contributed by atoms with Crippen molar-refractivity contribution in [3.05, 3.63) is 59.7 Å². The molecule has 3 N–H and O–H groups in total. The third kappa shape index (κ3) is 3.76. The zero-order valence-corrected chi connectivity index (χ0v) is 12.8. The Kier molecular flexibility index (Phi) is 4.32. The molecule has 1 saturated carbocycles. The van der Waals surface area contributed by atoms with E-state index in [4.69, 9.17) is 5.73 Å². The lowest BCUT2D eigenvalue weighted by atomic mass is 10.0. The number of carbonyl (C=O) groups excluding carboxylic acids is 1. The van der Waals surface area contributed by atoms with Gasteiger partial charge in [-0.25, -0.2) is 0 Å². The predicted molar refractivity (Wildman–Crippen MR) is 85.2 cm³/mol. The number of rotatable bonds is 5. The number of benzene rings is 2. The molecule has 126 valence electrons. The van der Waals surface area contributed by atoms with Crippen molar-refractivity contribution >= 4 is 5.91 Å². The number of halogens is 3. The lowest BCUT2D eigenvalue weighted by Gasteiger charge is -2.09. The van der Waals surface area contributed by atoms with E-state index in [1.165, 1.54) is 6.07 Å². The minimum absolute atomic E-state index is 0.156. The Morgan fingerprint density at radius 3 is 2.46 bits per heavy atom. The Labute approximate surface area is 137 Å². The van der Waals surface area contributed by atoms with Crippen LogP contribution in [0.2, 0.25) is 0 Å². The second-order valence-corrected chi connectivity index (χ2v) is 6.00. The molecule has 2 aromatic carbocycles. The first-order chi connectivity index (χ1) is 11.3. The summed E-state index contributed by atoms with van der Waals surface area (Å²) in [6.45, 7) is 0.156. The molecule has 0 aliphatic heterocycles. The summed E-state index contributed by atoms with van der Waals surface area (Å²) in [6, 6.07) is 13.0. The quantitative estimate of drug-likeness (QED) is 0.881. The largest absolute Gasteiger partial charge is 0.416 e. The molecule has 2 atom stereocenters. The highest BCUT2D eigenvalue weighted by Gasteiger charge is 2.38. The van der Waals surface area contributed by atoms with Crippen molar-refractivity contribution < 1.29 is 18.0 Å². The third-order valence-electron chi connectivity index (χ3n) is 4.19. The van der Waals surface area contributed by atoms with Crippen LogP contribution in [0.15, 0.2) is 48.5 Å². The van der Waals surface area contributed by atoms with Crippen LogP contribution in [-0.4, -0.2) is 18.5 Å². The van der Waals surface area contributed by atoms with E-state index in [9.17, 15) is 18.0 Å². The first kappa shape index (κ1) is 16.5. The monoisotopic (exact) mass is 334 g/mol. The minimum atomic E-state index is -4.34. The van der Waals surface area contributed by atoms with Crippen LogP contribution >= 0.6 is 0 Å². The molecule has 0 radical (unpaired) electrons. The van der Waals surface area contributed by atoms with Gasteiger partial charge in [-0.3, -0.25) is 4.79 Å². The molecular formula is C18H17F3N2O. The van der Waals surface area contributed by atoms with Crippen LogP contribution in [0.3, 0.4) is 0 Å². The second kappa shape index (κ2) is 6.28. The molecule has 1 aliphatic carbocycles. The van der Waals surface area contributed by atoms with E-state index in [1.807, 2.05) is 24.3 Å². The van der Waals surface area contributed by atoms with Gasteiger partial charge in [0.25, 0.3) is 0 Å². The number of amides is 1. The van der Waals surface area contributed by atoms with Crippen molar-refractivity contribution in [3.63, 3.8) is 0 Å². The highest BCUT2D eigenvalue weighted by atomic mass is 19.4. The SMILES string of the molecule is NC(=O)CNC1CC1c1ccc(-c2cccc(C(F)(F)F)c2)cc1. The number of primary amides is 1. The molecular weight excluding hydrogens is 317 g/mol. The van der Waals surface area contributed by atoms with Crippen LogP contribution in [0, 0.1) is 0 Å². The van der Waals surface area contributed by atoms with E-state index in [1.54, 1.807) is 6.07 Å². The average molecular weight is 334 g/mol. The fourth-order valence-corrected chi connectivity index (χ4v) is 2.82. The van der Waals surface area contributed by atoms with Crippen LogP contribution in [0.1, 0.15) is 23.5 Å². The molecule has 2 unspecified atom stereocenters. The van der Waals surface area contributed by atoms with Crippen LogP contribution < -0.4 is 11.1 Å². The molecule has 2 aromatic rings. The summed E-state index contributed by atoms with van der Waals surface area (Å²) in [7, 11) is 0. The molecule has 1 amide bonds. The highest BCUT2D eigenvalue weighted by molar-refractivity contribution is 5.76. The Morgan fingerprint density at radius 2 is 1.83 bits per heavy atom. The predicted octanol–water partition coefficient (Wildman–Crippen LogP) is 3.30. The molecule has 0 heterocycles. The molecule has 6 heteroatoms. The van der Waals surface area contributed by atoms with Crippen molar-refractivity contribution in [1.82, 2.24) is 5.32 Å². The first-order valence-electron chi connectivity index (χ1n) is 7.64. The summed E-state index contributed by atoms with van der Waals surface area (Å²) in [5.41, 5.74) is 6.83. The number of carbonyl (C=O) groups is 1. The van der Waals surface area contributed by atoms with Gasteiger partial charge in [0.2, 0.25) is 5.91 Å². The lowest BCUT2D eigenvalue weighted by Crippen LogP contribution is -2.30. The Hall–Kier alpha value is -2.34. The number of nitrogens with two attached hydrogens (primary N) is 1. The van der Waals surface area contributed by atoms with Gasteiger partial charge in [0.15, 0.2) is 0 Å². The summed E-state index contributed by atoms with van der Waals surface area (Å²) in [6.07, 6.45) is -3.42. The molecule has 24 heavy (non-hydrogen) atoms. The molecule has 0 spiro atoms. The normalized spacial score (nSPS) is 20.0. The van der Waals surface area contributed by atoms with E-state index in [0.29, 0.717) is 11.5 Å². The van der Waals surface area contributed by atoms with E-state index >= 15 is 0 Å². The molecule has 1 aliphatic rings. The van der Waals surface area contributed by atoms with Gasteiger partial charge >= 0.3 is 6.18 Å². The van der Waals surface area contributed by atoms with E-state index in [-0.39, 0.29) is 18.5 Å². The summed E-state index contributed by atoms with van der Waals surface area (Å²) in [4.78, 5) is 10.8. The van der Waals surface area contributed by atoms with Gasteiger partial charge in [0.1, 0.15) is 0 Å². The van der Waals surface area contributed by atoms with Gasteiger partial charge in [0, 0.05) is 12.0 Å². The standard InChI is InChI=1S/C18H17F3N2O/c19-18(20,21)14-3-1-2-13(8-14)11-4-6-12(7-5-11)15-9-16(15)23-10-17(22)24/h1-8,15-16,23H,9-10H2,(H2,22,24). The molecule has 0 bridgehead atoms. The van der Waals surface area contributed by atoms with Gasteiger partial charge in [0.05, 0.1) is 12.1 Å². The van der Waals surface area contributed by atoms with Crippen molar-refractivity contribution in [1.29, 1.82) is 0 Å². The van der Waals surface area contributed by atoms with Gasteiger partial charge < -0.3 is 11.1 Å². The fraction of sp³-hybridized carbons (Fsp3) is 0.278. The Morgan fingerprint density at radius 1 is 1.12 bits per heavy atom. The zero-order chi connectivity index (χ0) is 17.3. The van der Waals surface area contributed by atoms with Crippen LogP contribution in [0.4, 0.5) is 13.2 Å². The maximum atomic E-state index is 12.8. The zero-order valence-electron chi connectivity index (χ0n) is 12.8. The minimum Gasteiger partial charge on any atom is -0.369 e.